The summed E-state index contributed by atoms with van der Waals surface area (Å²) in [5.74, 6) is 0.0335. The summed E-state index contributed by atoms with van der Waals surface area (Å²) < 4.78 is 2.11. The second kappa shape index (κ2) is 10.8. The van der Waals surface area contributed by atoms with E-state index in [1.807, 2.05) is 64.4 Å². The first-order valence-electron chi connectivity index (χ1n) is 14.1. The normalized spacial score (nSPS) is 15.7. The lowest BCUT2D eigenvalue weighted by atomic mass is 9.95. The summed E-state index contributed by atoms with van der Waals surface area (Å²) in [7, 11) is 2.11. The minimum Gasteiger partial charge on any atom is -0.336 e. The Labute approximate surface area is 236 Å². The van der Waals surface area contributed by atoms with Crippen LogP contribution in [0.2, 0.25) is 0 Å². The molecule has 3 heterocycles. The molecule has 6 nitrogen and oxygen atoms in total. The van der Waals surface area contributed by atoms with E-state index in [4.69, 9.17) is 0 Å². The number of aromatic nitrogens is 1. The topological polar surface area (TPSA) is 48.8 Å². The van der Waals surface area contributed by atoms with E-state index in [1.54, 1.807) is 0 Å². The number of fused-ring (bicyclic) bond motifs is 2. The molecule has 6 rings (SSSR count). The van der Waals surface area contributed by atoms with Crippen molar-refractivity contribution in [3.8, 4) is 11.1 Å². The maximum absolute atomic E-state index is 14.1. The van der Waals surface area contributed by atoms with E-state index in [0.29, 0.717) is 24.3 Å². The summed E-state index contributed by atoms with van der Waals surface area (Å²) in [6.45, 7) is 8.53. The Morgan fingerprint density at radius 1 is 0.700 bits per heavy atom. The number of hydrogen-bond acceptors (Lipinski definition) is 3. The average molecular weight is 533 g/mol. The third-order valence-electron chi connectivity index (χ3n) is 8.38. The smallest absolute Gasteiger partial charge is 0.270 e. The number of para-hydroxylation sites is 1. The highest BCUT2D eigenvalue weighted by Gasteiger charge is 2.29. The highest BCUT2D eigenvalue weighted by Crippen LogP contribution is 2.32. The van der Waals surface area contributed by atoms with Crippen molar-refractivity contribution in [1.82, 2.24) is 14.4 Å². The fourth-order valence-electron chi connectivity index (χ4n) is 6.07. The molecule has 2 aliphatic rings. The Balaban J connectivity index is 1.33. The van der Waals surface area contributed by atoms with Crippen LogP contribution < -0.4 is 4.90 Å². The molecule has 0 spiro atoms. The predicted molar refractivity (Wildman–Crippen MR) is 160 cm³/mol. The van der Waals surface area contributed by atoms with Gasteiger partial charge in [0.05, 0.1) is 13.1 Å². The zero-order chi connectivity index (χ0) is 27.8. The van der Waals surface area contributed by atoms with Gasteiger partial charge in [0.1, 0.15) is 5.69 Å². The van der Waals surface area contributed by atoms with Gasteiger partial charge in [-0.25, -0.2) is 0 Å². The number of carbonyl (C=O) groups excluding carboxylic acids is 2. The van der Waals surface area contributed by atoms with Crippen LogP contribution in [0.1, 0.15) is 49.7 Å². The Morgan fingerprint density at radius 2 is 1.48 bits per heavy atom. The second-order valence-corrected chi connectivity index (χ2v) is 11.1. The predicted octanol–water partition coefficient (Wildman–Crippen LogP) is 5.76. The maximum Gasteiger partial charge on any atom is 0.270 e. The molecule has 3 aromatic carbocycles. The van der Waals surface area contributed by atoms with Crippen molar-refractivity contribution in [2.24, 2.45) is 0 Å². The molecule has 6 heteroatoms. The van der Waals surface area contributed by atoms with E-state index in [9.17, 15) is 9.59 Å². The lowest BCUT2D eigenvalue weighted by Gasteiger charge is -2.23. The van der Waals surface area contributed by atoms with Crippen molar-refractivity contribution in [2.75, 3.05) is 38.1 Å². The van der Waals surface area contributed by atoms with E-state index in [2.05, 4.69) is 54.6 Å². The molecule has 0 radical (unpaired) electrons. The van der Waals surface area contributed by atoms with Crippen LogP contribution >= 0.6 is 0 Å². The van der Waals surface area contributed by atoms with Crippen LogP contribution in [-0.4, -0.2) is 59.4 Å². The van der Waals surface area contributed by atoms with Gasteiger partial charge in [-0.2, -0.15) is 0 Å². The molecule has 1 fully saturated rings. The molecule has 1 aromatic heterocycles. The van der Waals surface area contributed by atoms with Gasteiger partial charge in [0.15, 0.2) is 0 Å². The molecule has 4 aromatic rings. The van der Waals surface area contributed by atoms with E-state index in [0.717, 1.165) is 60.7 Å². The molecule has 40 heavy (non-hydrogen) atoms. The molecule has 0 bridgehead atoms. The molecule has 2 aliphatic heterocycles. The quantitative estimate of drug-likeness (QED) is 0.337. The average Bonchev–Trinajstić information content (AvgIpc) is 3.11. The lowest BCUT2D eigenvalue weighted by molar-refractivity contribution is 0.0752. The number of aryl methyl sites for hydroxylation is 2. The SMILES string of the molecule is Cc1ccccc1-c1ccc(C(=O)N2Cc3ccc(C(=O)N4CCCN(C)CC4)n3Cc3ccccc32)cc1C. The Bertz CT molecular complexity index is 1590. The molecule has 0 saturated carbocycles. The van der Waals surface area contributed by atoms with Crippen molar-refractivity contribution in [3.63, 3.8) is 0 Å². The maximum atomic E-state index is 14.1. The first kappa shape index (κ1) is 26.1. The monoisotopic (exact) mass is 532 g/mol. The first-order valence-corrected chi connectivity index (χ1v) is 14.1. The highest BCUT2D eigenvalue weighted by atomic mass is 16.2. The van der Waals surface area contributed by atoms with E-state index < -0.39 is 0 Å². The van der Waals surface area contributed by atoms with Crippen LogP contribution in [0, 0.1) is 13.8 Å². The zero-order valence-corrected chi connectivity index (χ0v) is 23.6. The van der Waals surface area contributed by atoms with Gasteiger partial charge in [0, 0.05) is 36.6 Å². The molecule has 0 unspecified atom stereocenters. The van der Waals surface area contributed by atoms with Crippen molar-refractivity contribution >= 4 is 17.5 Å². The molecule has 0 N–H and O–H groups in total. The largest absolute Gasteiger partial charge is 0.336 e. The van der Waals surface area contributed by atoms with Crippen LogP contribution in [-0.2, 0) is 13.1 Å². The summed E-state index contributed by atoms with van der Waals surface area (Å²) in [4.78, 5) is 33.9. The standard InChI is InChI=1S/C34H36N4O2/c1-24-9-4-6-11-29(24)30-15-13-26(21-25(30)2)33(39)38-23-28-14-16-32(34(40)36-18-8-17-35(3)19-20-36)37(28)22-27-10-5-7-12-31(27)38/h4-7,9-16,21H,8,17-20,22-23H2,1-3H3. The van der Waals surface area contributed by atoms with Gasteiger partial charge in [-0.05, 0) is 92.0 Å². The molecule has 0 atom stereocenters. The third kappa shape index (κ3) is 4.84. The van der Waals surface area contributed by atoms with Crippen molar-refractivity contribution in [2.45, 2.75) is 33.4 Å². The second-order valence-electron chi connectivity index (χ2n) is 11.1. The molecular formula is C34H36N4O2. The number of nitrogens with zero attached hydrogens (tertiary/aromatic N) is 4. The number of rotatable bonds is 3. The summed E-state index contributed by atoms with van der Waals surface area (Å²) in [5.41, 5.74) is 8.86. The van der Waals surface area contributed by atoms with Gasteiger partial charge >= 0.3 is 0 Å². The number of hydrogen-bond donors (Lipinski definition) is 0. The molecule has 0 aliphatic carbocycles. The van der Waals surface area contributed by atoms with E-state index >= 15 is 0 Å². The fourth-order valence-corrected chi connectivity index (χ4v) is 6.07. The van der Waals surface area contributed by atoms with Crippen molar-refractivity contribution in [3.05, 3.63) is 113 Å². The fraction of sp³-hybridized carbons (Fsp3) is 0.294. The van der Waals surface area contributed by atoms with Crippen LogP contribution in [0.15, 0.2) is 78.9 Å². The van der Waals surface area contributed by atoms with Crippen molar-refractivity contribution < 1.29 is 9.59 Å². The van der Waals surface area contributed by atoms with Gasteiger partial charge in [-0.3, -0.25) is 9.59 Å². The highest BCUT2D eigenvalue weighted by molar-refractivity contribution is 6.07. The van der Waals surface area contributed by atoms with Crippen LogP contribution in [0.4, 0.5) is 5.69 Å². The van der Waals surface area contributed by atoms with Gasteiger partial charge in [-0.15, -0.1) is 0 Å². The lowest BCUT2D eigenvalue weighted by Crippen LogP contribution is -2.35. The van der Waals surface area contributed by atoms with Crippen LogP contribution in [0.5, 0.6) is 0 Å². The first-order chi connectivity index (χ1) is 19.4. The zero-order valence-electron chi connectivity index (χ0n) is 23.6. The molecular weight excluding hydrogens is 496 g/mol. The van der Waals surface area contributed by atoms with Gasteiger partial charge < -0.3 is 19.3 Å². The number of carbonyl (C=O) groups is 2. The summed E-state index contributed by atoms with van der Waals surface area (Å²) in [5, 5.41) is 0. The number of likely N-dealkylation sites (N-methyl/N-ethyl adjacent to an activating group) is 1. The third-order valence-corrected chi connectivity index (χ3v) is 8.38. The van der Waals surface area contributed by atoms with Crippen molar-refractivity contribution in [1.29, 1.82) is 0 Å². The molecule has 1 saturated heterocycles. The summed E-state index contributed by atoms with van der Waals surface area (Å²) >= 11 is 0. The molecule has 2 amide bonds. The van der Waals surface area contributed by atoms with E-state index in [-0.39, 0.29) is 11.8 Å². The van der Waals surface area contributed by atoms with Crippen LogP contribution in [0.3, 0.4) is 0 Å². The minimum absolute atomic E-state index is 0.0371. The van der Waals surface area contributed by atoms with E-state index in [1.165, 1.54) is 11.1 Å². The Morgan fingerprint density at radius 3 is 2.30 bits per heavy atom. The minimum atomic E-state index is -0.0371. The Kier molecular flexibility index (Phi) is 7.03. The summed E-state index contributed by atoms with van der Waals surface area (Å²) in [6.07, 6.45) is 0.975. The van der Waals surface area contributed by atoms with Gasteiger partial charge in [0.2, 0.25) is 0 Å². The number of anilines is 1. The number of amides is 2. The van der Waals surface area contributed by atoms with Gasteiger partial charge in [-0.1, -0.05) is 48.5 Å². The Hall–Kier alpha value is -4.16. The van der Waals surface area contributed by atoms with Crippen LogP contribution in [0.25, 0.3) is 11.1 Å². The number of benzene rings is 3. The van der Waals surface area contributed by atoms with Gasteiger partial charge in [0.25, 0.3) is 11.8 Å². The summed E-state index contributed by atoms with van der Waals surface area (Å²) in [6, 6.07) is 26.3. The molecule has 204 valence electrons.